The summed E-state index contributed by atoms with van der Waals surface area (Å²) in [6.45, 7) is 2.74. The second-order valence-electron chi connectivity index (χ2n) is 4.64. The van der Waals surface area contributed by atoms with E-state index in [0.717, 1.165) is 13.0 Å². The fourth-order valence-corrected chi connectivity index (χ4v) is 1.88. The normalized spacial score (nSPS) is 10.9. The number of carbonyl (C=O) groups is 1. The number of rotatable bonds is 10. The number of anilines is 1. The lowest BCUT2D eigenvalue weighted by atomic mass is 10.3. The standard InChI is InChI=1S/C15H23FN2O3/c1-20-10-5-8-18(9-11-21-2)12-15(19)17-14-7-4-3-6-13(14)16/h3-4,6-7H,5,8-12H2,1-2H3,(H,17,19). The maximum atomic E-state index is 13.5. The van der Waals surface area contributed by atoms with Crippen LogP contribution in [-0.2, 0) is 14.3 Å². The van der Waals surface area contributed by atoms with E-state index in [4.69, 9.17) is 9.47 Å². The second-order valence-corrected chi connectivity index (χ2v) is 4.64. The number of carbonyl (C=O) groups excluding carboxylic acids is 1. The lowest BCUT2D eigenvalue weighted by molar-refractivity contribution is -0.117. The van der Waals surface area contributed by atoms with Gasteiger partial charge < -0.3 is 14.8 Å². The fourth-order valence-electron chi connectivity index (χ4n) is 1.88. The Labute approximate surface area is 125 Å². The zero-order chi connectivity index (χ0) is 15.5. The van der Waals surface area contributed by atoms with Crippen LogP contribution in [0.3, 0.4) is 0 Å². The average Bonchev–Trinajstić information content (AvgIpc) is 2.47. The van der Waals surface area contributed by atoms with Crippen LogP contribution in [0.1, 0.15) is 6.42 Å². The molecule has 21 heavy (non-hydrogen) atoms. The first-order valence-corrected chi connectivity index (χ1v) is 6.92. The van der Waals surface area contributed by atoms with E-state index in [2.05, 4.69) is 5.32 Å². The van der Waals surface area contributed by atoms with E-state index in [-0.39, 0.29) is 18.1 Å². The Bertz CT molecular complexity index is 429. The minimum Gasteiger partial charge on any atom is -0.385 e. The highest BCUT2D eigenvalue weighted by Crippen LogP contribution is 2.12. The topological polar surface area (TPSA) is 50.8 Å². The van der Waals surface area contributed by atoms with Crippen LogP contribution in [-0.4, -0.2) is 57.9 Å². The predicted molar refractivity (Wildman–Crippen MR) is 79.8 cm³/mol. The average molecular weight is 298 g/mol. The van der Waals surface area contributed by atoms with Crippen molar-refractivity contribution in [2.45, 2.75) is 6.42 Å². The predicted octanol–water partition coefficient (Wildman–Crippen LogP) is 1.75. The molecule has 0 atom stereocenters. The summed E-state index contributed by atoms with van der Waals surface area (Å²) in [5.41, 5.74) is 0.200. The van der Waals surface area contributed by atoms with Gasteiger partial charge in [-0.1, -0.05) is 12.1 Å². The molecule has 1 aromatic rings. The molecule has 118 valence electrons. The molecular weight excluding hydrogens is 275 g/mol. The number of methoxy groups -OCH3 is 2. The molecular formula is C15H23FN2O3. The van der Waals surface area contributed by atoms with E-state index in [0.29, 0.717) is 19.8 Å². The highest BCUT2D eigenvalue weighted by molar-refractivity contribution is 5.92. The molecule has 0 radical (unpaired) electrons. The van der Waals surface area contributed by atoms with Gasteiger partial charge in [0, 0.05) is 33.9 Å². The van der Waals surface area contributed by atoms with Gasteiger partial charge in [0.05, 0.1) is 18.8 Å². The van der Waals surface area contributed by atoms with E-state index >= 15 is 0 Å². The maximum Gasteiger partial charge on any atom is 0.238 e. The molecule has 0 saturated carbocycles. The molecule has 1 rings (SSSR count). The Balaban J connectivity index is 2.48. The minimum absolute atomic E-state index is 0.196. The Morgan fingerprint density at radius 3 is 2.57 bits per heavy atom. The van der Waals surface area contributed by atoms with Crippen molar-refractivity contribution in [3.8, 4) is 0 Å². The molecule has 0 spiro atoms. The monoisotopic (exact) mass is 298 g/mol. The molecule has 0 aliphatic carbocycles. The third-order valence-electron chi connectivity index (χ3n) is 2.95. The van der Waals surface area contributed by atoms with Gasteiger partial charge in [-0.05, 0) is 18.6 Å². The Morgan fingerprint density at radius 1 is 1.19 bits per heavy atom. The van der Waals surface area contributed by atoms with Crippen molar-refractivity contribution < 1.29 is 18.7 Å². The van der Waals surface area contributed by atoms with E-state index in [1.54, 1.807) is 26.4 Å². The molecule has 0 bridgehead atoms. The number of hydrogen-bond donors (Lipinski definition) is 1. The van der Waals surface area contributed by atoms with Gasteiger partial charge in [0.15, 0.2) is 0 Å². The lowest BCUT2D eigenvalue weighted by Gasteiger charge is -2.21. The first-order chi connectivity index (χ1) is 10.2. The quantitative estimate of drug-likeness (QED) is 0.669. The second kappa shape index (κ2) is 10.3. The molecule has 5 nitrogen and oxygen atoms in total. The molecule has 0 aromatic heterocycles. The summed E-state index contributed by atoms with van der Waals surface area (Å²) in [5.74, 6) is -0.678. The summed E-state index contributed by atoms with van der Waals surface area (Å²) in [4.78, 5) is 13.9. The minimum atomic E-state index is -0.436. The highest BCUT2D eigenvalue weighted by Gasteiger charge is 2.12. The van der Waals surface area contributed by atoms with Gasteiger partial charge in [-0.2, -0.15) is 0 Å². The number of nitrogens with one attached hydrogen (secondary N) is 1. The number of halogens is 1. The number of amides is 1. The van der Waals surface area contributed by atoms with Crippen LogP contribution in [0.5, 0.6) is 0 Å². The first-order valence-electron chi connectivity index (χ1n) is 6.92. The Hall–Kier alpha value is -1.50. The first kappa shape index (κ1) is 17.6. The summed E-state index contributed by atoms with van der Waals surface area (Å²) >= 11 is 0. The third kappa shape index (κ3) is 7.17. The van der Waals surface area contributed by atoms with Gasteiger partial charge in [0.25, 0.3) is 0 Å². The molecule has 0 aliphatic heterocycles. The van der Waals surface area contributed by atoms with Crippen molar-refractivity contribution in [1.82, 2.24) is 4.90 Å². The van der Waals surface area contributed by atoms with Gasteiger partial charge in [-0.3, -0.25) is 9.69 Å². The molecule has 1 aromatic carbocycles. The van der Waals surface area contributed by atoms with Crippen LogP contribution in [0.15, 0.2) is 24.3 Å². The summed E-state index contributed by atoms with van der Waals surface area (Å²) in [7, 11) is 3.26. The number of hydrogen-bond acceptors (Lipinski definition) is 4. The zero-order valence-electron chi connectivity index (χ0n) is 12.6. The van der Waals surface area contributed by atoms with E-state index in [9.17, 15) is 9.18 Å². The molecule has 0 saturated heterocycles. The SMILES string of the molecule is COCCCN(CCOC)CC(=O)Nc1ccccc1F. The van der Waals surface area contributed by atoms with Crippen molar-refractivity contribution >= 4 is 11.6 Å². The van der Waals surface area contributed by atoms with Crippen molar-refractivity contribution in [2.24, 2.45) is 0 Å². The molecule has 0 fully saturated rings. The summed E-state index contributed by atoms with van der Waals surface area (Å²) in [6.07, 6.45) is 0.827. The van der Waals surface area contributed by atoms with Gasteiger partial charge in [0.2, 0.25) is 5.91 Å². The van der Waals surface area contributed by atoms with Crippen LogP contribution >= 0.6 is 0 Å². The third-order valence-corrected chi connectivity index (χ3v) is 2.95. The molecule has 0 aliphatic rings. The summed E-state index contributed by atoms with van der Waals surface area (Å²) in [6, 6.07) is 6.12. The van der Waals surface area contributed by atoms with E-state index in [1.807, 2.05) is 4.90 Å². The van der Waals surface area contributed by atoms with Crippen LogP contribution in [0.4, 0.5) is 10.1 Å². The van der Waals surface area contributed by atoms with Gasteiger partial charge in [-0.25, -0.2) is 4.39 Å². The van der Waals surface area contributed by atoms with Gasteiger partial charge in [0.1, 0.15) is 5.82 Å². The largest absolute Gasteiger partial charge is 0.385 e. The van der Waals surface area contributed by atoms with E-state index < -0.39 is 5.82 Å². The van der Waals surface area contributed by atoms with Crippen molar-refractivity contribution in [3.63, 3.8) is 0 Å². The van der Waals surface area contributed by atoms with Crippen molar-refractivity contribution in [2.75, 3.05) is 52.4 Å². The maximum absolute atomic E-state index is 13.5. The number of nitrogens with zero attached hydrogens (tertiary/aromatic N) is 1. The highest BCUT2D eigenvalue weighted by atomic mass is 19.1. The van der Waals surface area contributed by atoms with E-state index in [1.165, 1.54) is 12.1 Å². The summed E-state index contributed by atoms with van der Waals surface area (Å²) in [5, 5.41) is 2.58. The Morgan fingerprint density at radius 2 is 1.90 bits per heavy atom. The molecule has 6 heteroatoms. The number of ether oxygens (including phenoxy) is 2. The van der Waals surface area contributed by atoms with Crippen molar-refractivity contribution in [3.05, 3.63) is 30.1 Å². The number of para-hydroxylation sites is 1. The van der Waals surface area contributed by atoms with Gasteiger partial charge >= 0.3 is 0 Å². The van der Waals surface area contributed by atoms with Crippen molar-refractivity contribution in [1.29, 1.82) is 0 Å². The van der Waals surface area contributed by atoms with Gasteiger partial charge in [-0.15, -0.1) is 0 Å². The summed E-state index contributed by atoms with van der Waals surface area (Å²) < 4.78 is 23.5. The smallest absolute Gasteiger partial charge is 0.238 e. The lowest BCUT2D eigenvalue weighted by Crippen LogP contribution is -2.36. The zero-order valence-corrected chi connectivity index (χ0v) is 12.6. The Kier molecular flexibility index (Phi) is 8.57. The fraction of sp³-hybridized carbons (Fsp3) is 0.533. The molecule has 0 unspecified atom stereocenters. The van der Waals surface area contributed by atoms with Crippen LogP contribution in [0.25, 0.3) is 0 Å². The molecule has 1 amide bonds. The van der Waals surface area contributed by atoms with Crippen LogP contribution in [0, 0.1) is 5.82 Å². The van der Waals surface area contributed by atoms with Crippen LogP contribution < -0.4 is 5.32 Å². The molecule has 0 heterocycles. The number of benzene rings is 1. The van der Waals surface area contributed by atoms with Crippen LogP contribution in [0.2, 0.25) is 0 Å². The molecule has 1 N–H and O–H groups in total.